The predicted octanol–water partition coefficient (Wildman–Crippen LogP) is 3.82. The van der Waals surface area contributed by atoms with Crippen LogP contribution in [0, 0.1) is 0 Å². The number of hydrogen-bond donors (Lipinski definition) is 1. The van der Waals surface area contributed by atoms with Gasteiger partial charge in [-0.2, -0.15) is 0 Å². The number of furan rings is 1. The van der Waals surface area contributed by atoms with Crippen molar-refractivity contribution in [3.63, 3.8) is 0 Å². The summed E-state index contributed by atoms with van der Waals surface area (Å²) >= 11 is 1.46. The number of benzene rings is 1. The first kappa shape index (κ1) is 12.7. The molecule has 0 fully saturated rings. The minimum atomic E-state index is -1.05. The Bertz CT molecular complexity index is 761. The topological polar surface area (TPSA) is 63.3 Å². The Morgan fingerprint density at radius 1 is 1.20 bits per heavy atom. The van der Waals surface area contributed by atoms with Crippen LogP contribution in [0.2, 0.25) is 0 Å². The Morgan fingerprint density at radius 3 is 2.85 bits per heavy atom. The Hall–Kier alpha value is -2.27. The van der Waals surface area contributed by atoms with Gasteiger partial charge in [0.15, 0.2) is 5.09 Å². The van der Waals surface area contributed by atoms with Gasteiger partial charge in [-0.3, -0.25) is 4.98 Å². The standard InChI is InChI=1S/C15H11NO3S/c17-15(18)12-6-7-13(19-12)20-9-11-4-1-3-10-5-2-8-16-14(10)11/h1-8H,9H2,(H,17,18). The molecule has 0 bridgehead atoms. The van der Waals surface area contributed by atoms with Crippen LogP contribution in [0.4, 0.5) is 0 Å². The number of carboxylic acid groups (broad SMARTS) is 1. The number of para-hydroxylation sites is 1. The summed E-state index contributed by atoms with van der Waals surface area (Å²) in [5.41, 5.74) is 2.06. The molecule has 3 rings (SSSR count). The van der Waals surface area contributed by atoms with Gasteiger partial charge in [-0.1, -0.05) is 36.0 Å². The number of thioether (sulfide) groups is 1. The number of aromatic nitrogens is 1. The Kier molecular flexibility index (Phi) is 3.43. The van der Waals surface area contributed by atoms with E-state index in [1.54, 1.807) is 12.3 Å². The number of rotatable bonds is 4. The van der Waals surface area contributed by atoms with Crippen LogP contribution in [0.1, 0.15) is 16.1 Å². The van der Waals surface area contributed by atoms with E-state index in [4.69, 9.17) is 9.52 Å². The SMILES string of the molecule is O=C(O)c1ccc(SCc2cccc3cccnc23)o1. The second-order valence-corrected chi connectivity index (χ2v) is 5.18. The summed E-state index contributed by atoms with van der Waals surface area (Å²) in [6.45, 7) is 0. The van der Waals surface area contributed by atoms with Gasteiger partial charge < -0.3 is 9.52 Å². The molecule has 0 atom stereocenters. The lowest BCUT2D eigenvalue weighted by Gasteiger charge is -2.04. The molecule has 20 heavy (non-hydrogen) atoms. The maximum absolute atomic E-state index is 10.8. The molecule has 0 saturated carbocycles. The molecule has 0 saturated heterocycles. The summed E-state index contributed by atoms with van der Waals surface area (Å²) < 4.78 is 5.22. The van der Waals surface area contributed by atoms with Gasteiger partial charge in [0.25, 0.3) is 0 Å². The second-order valence-electron chi connectivity index (χ2n) is 4.20. The van der Waals surface area contributed by atoms with E-state index < -0.39 is 5.97 Å². The lowest BCUT2D eigenvalue weighted by molar-refractivity contribution is 0.0656. The first-order valence-electron chi connectivity index (χ1n) is 6.02. The molecule has 0 aliphatic heterocycles. The maximum atomic E-state index is 10.8. The molecule has 2 heterocycles. The zero-order valence-corrected chi connectivity index (χ0v) is 11.3. The molecule has 0 aliphatic rings. The van der Waals surface area contributed by atoms with Gasteiger partial charge >= 0.3 is 5.97 Å². The van der Waals surface area contributed by atoms with Crippen LogP contribution < -0.4 is 0 Å². The Labute approximate surface area is 119 Å². The molecule has 0 spiro atoms. The molecule has 0 unspecified atom stereocenters. The number of fused-ring (bicyclic) bond motifs is 1. The van der Waals surface area contributed by atoms with E-state index in [2.05, 4.69) is 4.98 Å². The second kappa shape index (κ2) is 5.38. The highest BCUT2D eigenvalue weighted by Crippen LogP contribution is 2.27. The van der Waals surface area contributed by atoms with E-state index in [-0.39, 0.29) is 5.76 Å². The summed E-state index contributed by atoms with van der Waals surface area (Å²) in [5, 5.41) is 10.5. The van der Waals surface area contributed by atoms with E-state index in [0.717, 1.165) is 16.5 Å². The fraction of sp³-hybridized carbons (Fsp3) is 0.0667. The number of hydrogen-bond acceptors (Lipinski definition) is 4. The molecule has 100 valence electrons. The highest BCUT2D eigenvalue weighted by Gasteiger charge is 2.10. The van der Waals surface area contributed by atoms with Crippen LogP contribution in [0.3, 0.4) is 0 Å². The van der Waals surface area contributed by atoms with Gasteiger partial charge in [0.2, 0.25) is 5.76 Å². The fourth-order valence-corrected chi connectivity index (χ4v) is 2.79. The third kappa shape index (κ3) is 2.53. The summed E-state index contributed by atoms with van der Waals surface area (Å²) in [7, 11) is 0. The molecule has 0 amide bonds. The fourth-order valence-electron chi connectivity index (χ4n) is 1.95. The molecule has 5 heteroatoms. The molecule has 3 aromatic rings. The first-order chi connectivity index (χ1) is 9.74. The third-order valence-corrected chi connectivity index (χ3v) is 3.84. The summed E-state index contributed by atoms with van der Waals surface area (Å²) in [6.07, 6.45) is 1.77. The number of carbonyl (C=O) groups is 1. The average molecular weight is 285 g/mol. The third-order valence-electron chi connectivity index (χ3n) is 2.88. The van der Waals surface area contributed by atoms with Gasteiger partial charge in [0, 0.05) is 17.3 Å². The van der Waals surface area contributed by atoms with Crippen molar-refractivity contribution in [1.29, 1.82) is 0 Å². The molecule has 2 aromatic heterocycles. The quantitative estimate of drug-likeness (QED) is 0.738. The van der Waals surface area contributed by atoms with Crippen molar-refractivity contribution < 1.29 is 14.3 Å². The Balaban J connectivity index is 1.81. The van der Waals surface area contributed by atoms with Crippen molar-refractivity contribution in [3.05, 3.63) is 60.0 Å². The van der Waals surface area contributed by atoms with Gasteiger partial charge in [0.05, 0.1) is 5.52 Å². The van der Waals surface area contributed by atoms with E-state index in [1.165, 1.54) is 17.8 Å². The molecule has 1 aromatic carbocycles. The molecule has 0 aliphatic carbocycles. The van der Waals surface area contributed by atoms with Crippen LogP contribution in [0.5, 0.6) is 0 Å². The number of nitrogens with zero attached hydrogens (tertiary/aromatic N) is 1. The lowest BCUT2D eigenvalue weighted by Crippen LogP contribution is -1.91. The number of carboxylic acids is 1. The lowest BCUT2D eigenvalue weighted by atomic mass is 10.1. The van der Waals surface area contributed by atoms with Crippen LogP contribution in [-0.2, 0) is 5.75 Å². The van der Waals surface area contributed by atoms with E-state index in [9.17, 15) is 4.79 Å². The van der Waals surface area contributed by atoms with Crippen LogP contribution in [0.25, 0.3) is 10.9 Å². The number of aromatic carboxylic acids is 1. The molecule has 4 nitrogen and oxygen atoms in total. The van der Waals surface area contributed by atoms with Crippen molar-refractivity contribution in [3.8, 4) is 0 Å². The normalized spacial score (nSPS) is 10.8. The summed E-state index contributed by atoms with van der Waals surface area (Å²) in [4.78, 5) is 15.1. The highest BCUT2D eigenvalue weighted by molar-refractivity contribution is 7.98. The smallest absolute Gasteiger partial charge is 0.371 e. The van der Waals surface area contributed by atoms with Gasteiger partial charge in [-0.05, 0) is 23.8 Å². The predicted molar refractivity (Wildman–Crippen MR) is 77.0 cm³/mol. The average Bonchev–Trinajstić information content (AvgIpc) is 2.94. The van der Waals surface area contributed by atoms with E-state index >= 15 is 0 Å². The van der Waals surface area contributed by atoms with Gasteiger partial charge in [0.1, 0.15) is 0 Å². The molecular formula is C15H11NO3S. The van der Waals surface area contributed by atoms with Crippen LogP contribution in [-0.4, -0.2) is 16.1 Å². The summed E-state index contributed by atoms with van der Waals surface area (Å²) in [6, 6.07) is 13.1. The van der Waals surface area contributed by atoms with Gasteiger partial charge in [-0.15, -0.1) is 0 Å². The van der Waals surface area contributed by atoms with Crippen molar-refractivity contribution in [2.75, 3.05) is 0 Å². The zero-order valence-electron chi connectivity index (χ0n) is 10.4. The molecular weight excluding hydrogens is 274 g/mol. The number of pyridine rings is 1. The molecule has 0 radical (unpaired) electrons. The van der Waals surface area contributed by atoms with Crippen molar-refractivity contribution in [2.24, 2.45) is 0 Å². The van der Waals surface area contributed by atoms with Crippen molar-refractivity contribution in [1.82, 2.24) is 4.98 Å². The minimum Gasteiger partial charge on any atom is -0.475 e. The zero-order chi connectivity index (χ0) is 13.9. The first-order valence-corrected chi connectivity index (χ1v) is 7.01. The highest BCUT2D eigenvalue weighted by atomic mass is 32.2. The Morgan fingerprint density at radius 2 is 2.05 bits per heavy atom. The van der Waals surface area contributed by atoms with E-state index in [1.807, 2.05) is 30.3 Å². The van der Waals surface area contributed by atoms with E-state index in [0.29, 0.717) is 10.8 Å². The van der Waals surface area contributed by atoms with Crippen LogP contribution in [0.15, 0.2) is 58.2 Å². The largest absolute Gasteiger partial charge is 0.475 e. The summed E-state index contributed by atoms with van der Waals surface area (Å²) in [5.74, 6) is -0.409. The van der Waals surface area contributed by atoms with Crippen molar-refractivity contribution in [2.45, 2.75) is 10.8 Å². The maximum Gasteiger partial charge on any atom is 0.371 e. The monoisotopic (exact) mass is 285 g/mol. The molecule has 1 N–H and O–H groups in total. The van der Waals surface area contributed by atoms with Crippen molar-refractivity contribution >= 4 is 28.6 Å². The van der Waals surface area contributed by atoms with Gasteiger partial charge in [-0.25, -0.2) is 4.79 Å². The minimum absolute atomic E-state index is 0.0384. The van der Waals surface area contributed by atoms with Crippen LogP contribution >= 0.6 is 11.8 Å².